The van der Waals surface area contributed by atoms with Crippen molar-refractivity contribution in [2.24, 2.45) is 0 Å². The summed E-state index contributed by atoms with van der Waals surface area (Å²) in [4.78, 5) is 19.9. The quantitative estimate of drug-likeness (QED) is 0.552. The van der Waals surface area contributed by atoms with Crippen LogP contribution in [-0.4, -0.2) is 43.1 Å². The number of benzene rings is 2. The van der Waals surface area contributed by atoms with Gasteiger partial charge >= 0.3 is 0 Å². The molecule has 5 nitrogen and oxygen atoms in total. The molecule has 2 heterocycles. The Bertz CT molecular complexity index is 1110. The number of carbonyl (C=O) groups is 1. The van der Waals surface area contributed by atoms with E-state index in [0.29, 0.717) is 30.2 Å². The molecule has 0 N–H and O–H groups in total. The number of aryl methyl sites for hydroxylation is 1. The van der Waals surface area contributed by atoms with Gasteiger partial charge in [-0.3, -0.25) is 9.78 Å². The summed E-state index contributed by atoms with van der Waals surface area (Å²) < 4.78 is 24.0. The number of methoxy groups -OCH3 is 2. The first kappa shape index (κ1) is 21.8. The van der Waals surface area contributed by atoms with Gasteiger partial charge in [-0.1, -0.05) is 12.1 Å². The van der Waals surface area contributed by atoms with Gasteiger partial charge in [0, 0.05) is 36.5 Å². The maximum Gasteiger partial charge on any atom is 0.257 e. The Morgan fingerprint density at radius 3 is 2.53 bits per heavy atom. The van der Waals surface area contributed by atoms with E-state index in [4.69, 9.17) is 14.5 Å². The average Bonchev–Trinajstić information content (AvgIpc) is 2.83. The molecule has 1 amide bonds. The molecule has 1 fully saturated rings. The molecule has 0 unspecified atom stereocenters. The molecule has 0 radical (unpaired) electrons. The molecule has 6 heteroatoms. The Morgan fingerprint density at radius 2 is 1.81 bits per heavy atom. The zero-order valence-electron chi connectivity index (χ0n) is 18.6. The molecule has 1 saturated heterocycles. The fourth-order valence-corrected chi connectivity index (χ4v) is 4.26. The van der Waals surface area contributed by atoms with Crippen LogP contribution in [0, 0.1) is 12.7 Å². The Labute approximate surface area is 187 Å². The second-order valence-electron chi connectivity index (χ2n) is 8.09. The van der Waals surface area contributed by atoms with E-state index in [1.54, 1.807) is 44.6 Å². The van der Waals surface area contributed by atoms with Gasteiger partial charge in [-0.25, -0.2) is 4.39 Å². The molecule has 1 aromatic heterocycles. The van der Waals surface area contributed by atoms with Gasteiger partial charge in [0.1, 0.15) is 17.3 Å². The van der Waals surface area contributed by atoms with Gasteiger partial charge in [-0.05, 0) is 67.3 Å². The number of nitrogens with zero attached hydrogens (tertiary/aromatic N) is 2. The number of likely N-dealkylation sites (tertiary alicyclic amines) is 1. The fourth-order valence-electron chi connectivity index (χ4n) is 4.26. The molecule has 0 bridgehead atoms. The van der Waals surface area contributed by atoms with Crippen LogP contribution in [0.25, 0.3) is 11.1 Å². The molecular weight excluding hydrogens is 407 g/mol. The summed E-state index contributed by atoms with van der Waals surface area (Å²) in [5, 5.41) is 0. The summed E-state index contributed by atoms with van der Waals surface area (Å²) in [7, 11) is 3.14. The summed E-state index contributed by atoms with van der Waals surface area (Å²) >= 11 is 0. The molecule has 1 aliphatic heterocycles. The SMILES string of the molecule is COc1ccc(C(=O)N2CCC[C@H](c3cc(-c4ccc(F)cc4)cc(C)n3)C2)c(OC)c1. The minimum absolute atomic E-state index is 0.0550. The smallest absolute Gasteiger partial charge is 0.257 e. The van der Waals surface area contributed by atoms with Gasteiger partial charge in [0.15, 0.2) is 0 Å². The number of hydrogen-bond acceptors (Lipinski definition) is 4. The molecule has 4 rings (SSSR count). The van der Waals surface area contributed by atoms with E-state index in [2.05, 4.69) is 6.07 Å². The van der Waals surface area contributed by atoms with Crippen molar-refractivity contribution in [3.8, 4) is 22.6 Å². The van der Waals surface area contributed by atoms with Crippen molar-refractivity contribution in [3.63, 3.8) is 0 Å². The lowest BCUT2D eigenvalue weighted by Crippen LogP contribution is -2.39. The highest BCUT2D eigenvalue weighted by atomic mass is 19.1. The van der Waals surface area contributed by atoms with Crippen LogP contribution in [0.2, 0.25) is 0 Å². The molecule has 0 aliphatic carbocycles. The van der Waals surface area contributed by atoms with E-state index in [1.807, 2.05) is 17.9 Å². The number of pyridine rings is 1. The van der Waals surface area contributed by atoms with Crippen molar-refractivity contribution in [2.75, 3.05) is 27.3 Å². The van der Waals surface area contributed by atoms with E-state index in [9.17, 15) is 9.18 Å². The lowest BCUT2D eigenvalue weighted by atomic mass is 9.91. The first-order valence-electron chi connectivity index (χ1n) is 10.7. The zero-order chi connectivity index (χ0) is 22.7. The van der Waals surface area contributed by atoms with Crippen molar-refractivity contribution >= 4 is 5.91 Å². The third kappa shape index (κ3) is 4.59. The lowest BCUT2D eigenvalue weighted by Gasteiger charge is -2.33. The standard InChI is InChI=1S/C26H27FN2O3/c1-17-13-20(18-6-8-21(27)9-7-18)14-24(28-17)19-5-4-12-29(16-19)26(30)23-11-10-22(31-2)15-25(23)32-3/h6-11,13-15,19H,4-5,12,16H2,1-3H3/t19-/m0/s1. The van der Waals surface area contributed by atoms with Crippen LogP contribution < -0.4 is 9.47 Å². The molecule has 0 spiro atoms. The van der Waals surface area contributed by atoms with E-state index >= 15 is 0 Å². The van der Waals surface area contributed by atoms with Crippen molar-refractivity contribution in [3.05, 3.63) is 77.4 Å². The van der Waals surface area contributed by atoms with Crippen LogP contribution in [0.3, 0.4) is 0 Å². The Balaban J connectivity index is 1.58. The maximum absolute atomic E-state index is 13.3. The first-order valence-corrected chi connectivity index (χ1v) is 10.7. The van der Waals surface area contributed by atoms with Crippen LogP contribution >= 0.6 is 0 Å². The van der Waals surface area contributed by atoms with Gasteiger partial charge in [-0.2, -0.15) is 0 Å². The number of carbonyl (C=O) groups excluding carboxylic acids is 1. The van der Waals surface area contributed by atoms with Crippen molar-refractivity contribution in [2.45, 2.75) is 25.7 Å². The number of aromatic nitrogens is 1. The predicted molar refractivity (Wildman–Crippen MR) is 122 cm³/mol. The number of amides is 1. The molecule has 1 atom stereocenters. The number of ether oxygens (including phenoxy) is 2. The summed E-state index contributed by atoms with van der Waals surface area (Å²) in [6.45, 7) is 3.25. The highest BCUT2D eigenvalue weighted by Crippen LogP contribution is 2.32. The van der Waals surface area contributed by atoms with Crippen LogP contribution in [0.15, 0.2) is 54.6 Å². The molecule has 1 aliphatic rings. The highest BCUT2D eigenvalue weighted by Gasteiger charge is 2.28. The van der Waals surface area contributed by atoms with Crippen molar-refractivity contribution < 1.29 is 18.7 Å². The highest BCUT2D eigenvalue weighted by molar-refractivity contribution is 5.97. The Kier molecular flexibility index (Phi) is 6.40. The van der Waals surface area contributed by atoms with Gasteiger partial charge in [-0.15, -0.1) is 0 Å². The molecule has 166 valence electrons. The van der Waals surface area contributed by atoms with Crippen LogP contribution in [0.4, 0.5) is 4.39 Å². The lowest BCUT2D eigenvalue weighted by molar-refractivity contribution is 0.0702. The summed E-state index contributed by atoms with van der Waals surface area (Å²) in [6.07, 6.45) is 1.86. The van der Waals surface area contributed by atoms with Crippen molar-refractivity contribution in [1.82, 2.24) is 9.88 Å². The van der Waals surface area contributed by atoms with Crippen LogP contribution in [0.5, 0.6) is 11.5 Å². The minimum atomic E-state index is -0.254. The van der Waals surface area contributed by atoms with Crippen molar-refractivity contribution in [1.29, 1.82) is 0 Å². The zero-order valence-corrected chi connectivity index (χ0v) is 18.6. The second kappa shape index (κ2) is 9.39. The van der Waals surface area contributed by atoms with E-state index in [0.717, 1.165) is 35.4 Å². The third-order valence-corrected chi connectivity index (χ3v) is 5.92. The third-order valence-electron chi connectivity index (χ3n) is 5.92. The van der Waals surface area contributed by atoms with E-state index in [1.165, 1.54) is 12.1 Å². The number of piperidine rings is 1. The Morgan fingerprint density at radius 1 is 1.03 bits per heavy atom. The number of rotatable bonds is 5. The second-order valence-corrected chi connectivity index (χ2v) is 8.09. The molecular formula is C26H27FN2O3. The topological polar surface area (TPSA) is 51.7 Å². The van der Waals surface area contributed by atoms with Gasteiger partial charge in [0.2, 0.25) is 0 Å². The Hall–Kier alpha value is -3.41. The van der Waals surface area contributed by atoms with E-state index < -0.39 is 0 Å². The summed E-state index contributed by atoms with van der Waals surface area (Å²) in [6, 6.07) is 15.8. The normalized spacial score (nSPS) is 16.0. The minimum Gasteiger partial charge on any atom is -0.497 e. The van der Waals surface area contributed by atoms with Gasteiger partial charge in [0.05, 0.1) is 19.8 Å². The fraction of sp³-hybridized carbons (Fsp3) is 0.308. The molecule has 2 aromatic carbocycles. The first-order chi connectivity index (χ1) is 15.5. The number of hydrogen-bond donors (Lipinski definition) is 0. The average molecular weight is 435 g/mol. The predicted octanol–water partition coefficient (Wildman–Crippen LogP) is 5.23. The molecule has 3 aromatic rings. The largest absolute Gasteiger partial charge is 0.497 e. The van der Waals surface area contributed by atoms with Crippen LogP contribution in [0.1, 0.15) is 40.5 Å². The van der Waals surface area contributed by atoms with E-state index in [-0.39, 0.29) is 17.6 Å². The number of halogens is 1. The monoisotopic (exact) mass is 434 g/mol. The van der Waals surface area contributed by atoms with Crippen LogP contribution in [-0.2, 0) is 0 Å². The summed E-state index contributed by atoms with van der Waals surface area (Å²) in [5.41, 5.74) is 4.35. The van der Waals surface area contributed by atoms with Gasteiger partial charge in [0.25, 0.3) is 5.91 Å². The summed E-state index contributed by atoms with van der Waals surface area (Å²) in [5.74, 6) is 0.975. The molecule has 32 heavy (non-hydrogen) atoms. The molecule has 0 saturated carbocycles. The van der Waals surface area contributed by atoms with Gasteiger partial charge < -0.3 is 14.4 Å². The maximum atomic E-state index is 13.3.